The molecule has 0 aliphatic carbocycles. The molecule has 2 amide bonds. The molecule has 4 rings (SSSR count). The molecule has 35 heavy (non-hydrogen) atoms. The first-order chi connectivity index (χ1) is 17.1. The van der Waals surface area contributed by atoms with Crippen LogP contribution in [0.25, 0.3) is 0 Å². The van der Waals surface area contributed by atoms with Gasteiger partial charge in [0.1, 0.15) is 17.2 Å². The summed E-state index contributed by atoms with van der Waals surface area (Å²) in [4.78, 5) is 29.2. The van der Waals surface area contributed by atoms with Crippen molar-refractivity contribution in [3.8, 4) is 17.2 Å². The molecule has 0 aromatic heterocycles. The first kappa shape index (κ1) is 23.9. The summed E-state index contributed by atoms with van der Waals surface area (Å²) < 4.78 is 16.2. The van der Waals surface area contributed by atoms with Gasteiger partial charge in [0, 0.05) is 43.5 Å². The largest absolute Gasteiger partial charge is 0.497 e. The van der Waals surface area contributed by atoms with Gasteiger partial charge in [-0.15, -0.1) is 0 Å². The molecule has 1 aliphatic heterocycles. The van der Waals surface area contributed by atoms with Crippen LogP contribution in [-0.4, -0.2) is 63.7 Å². The van der Waals surface area contributed by atoms with E-state index in [2.05, 4.69) is 10.2 Å². The van der Waals surface area contributed by atoms with Crippen molar-refractivity contribution in [2.45, 2.75) is 0 Å². The number of benzene rings is 3. The lowest BCUT2D eigenvalue weighted by molar-refractivity contribution is -0.118. The monoisotopic (exact) mass is 475 g/mol. The Morgan fingerprint density at radius 3 is 2.29 bits per heavy atom. The quantitative estimate of drug-likeness (QED) is 0.535. The van der Waals surface area contributed by atoms with Crippen molar-refractivity contribution in [3.63, 3.8) is 0 Å². The third kappa shape index (κ3) is 6.03. The van der Waals surface area contributed by atoms with Gasteiger partial charge in [-0.25, -0.2) is 0 Å². The number of rotatable bonds is 8. The summed E-state index contributed by atoms with van der Waals surface area (Å²) in [5.41, 5.74) is 2.26. The molecule has 0 spiro atoms. The van der Waals surface area contributed by atoms with E-state index in [1.165, 1.54) is 0 Å². The second kappa shape index (κ2) is 11.3. The summed E-state index contributed by atoms with van der Waals surface area (Å²) in [6, 6.07) is 21.9. The Morgan fingerprint density at radius 1 is 0.829 bits per heavy atom. The van der Waals surface area contributed by atoms with Crippen molar-refractivity contribution < 1.29 is 23.8 Å². The predicted molar refractivity (Wildman–Crippen MR) is 135 cm³/mol. The normalized spacial score (nSPS) is 13.2. The number of nitrogens with zero attached hydrogens (tertiary/aromatic N) is 2. The van der Waals surface area contributed by atoms with Gasteiger partial charge in [0.25, 0.3) is 11.8 Å². The topological polar surface area (TPSA) is 80.3 Å². The first-order valence-electron chi connectivity index (χ1n) is 11.4. The molecule has 182 valence electrons. The number of hydrogen-bond donors (Lipinski definition) is 1. The number of nitrogens with one attached hydrogen (secondary N) is 1. The highest BCUT2D eigenvalue weighted by Crippen LogP contribution is 2.28. The molecule has 0 bridgehead atoms. The molecule has 8 nitrogen and oxygen atoms in total. The van der Waals surface area contributed by atoms with Crippen molar-refractivity contribution in [2.24, 2.45) is 0 Å². The third-order valence-electron chi connectivity index (χ3n) is 5.82. The second-order valence-corrected chi connectivity index (χ2v) is 8.04. The van der Waals surface area contributed by atoms with E-state index < -0.39 is 0 Å². The fourth-order valence-corrected chi connectivity index (χ4v) is 3.96. The Labute approximate surface area is 205 Å². The lowest BCUT2D eigenvalue weighted by Gasteiger charge is -2.36. The van der Waals surface area contributed by atoms with E-state index >= 15 is 0 Å². The molecule has 0 saturated carbocycles. The van der Waals surface area contributed by atoms with Gasteiger partial charge in [0.05, 0.1) is 19.9 Å². The maximum absolute atomic E-state index is 13.0. The van der Waals surface area contributed by atoms with E-state index in [9.17, 15) is 9.59 Å². The first-order valence-corrected chi connectivity index (χ1v) is 11.4. The van der Waals surface area contributed by atoms with Gasteiger partial charge in [-0.05, 0) is 48.5 Å². The standard InChI is InChI=1S/C27H29N3O5/c1-33-23-7-5-6-21(18-23)28-26(31)19-35-22-12-10-20(11-13-22)27(32)30-16-14-29(15-17-30)24-8-3-4-9-25(24)34-2/h3-13,18H,14-17,19H2,1-2H3,(H,28,31). The SMILES string of the molecule is COc1cccc(NC(=O)COc2ccc(C(=O)N3CCN(c4ccccc4OC)CC3)cc2)c1. The summed E-state index contributed by atoms with van der Waals surface area (Å²) >= 11 is 0. The summed E-state index contributed by atoms with van der Waals surface area (Å²) in [7, 11) is 3.24. The highest BCUT2D eigenvalue weighted by atomic mass is 16.5. The molecule has 0 atom stereocenters. The molecule has 1 heterocycles. The summed E-state index contributed by atoms with van der Waals surface area (Å²) in [5.74, 6) is 1.70. The zero-order valence-corrected chi connectivity index (χ0v) is 19.9. The Balaban J connectivity index is 1.27. The van der Waals surface area contributed by atoms with Crippen LogP contribution >= 0.6 is 0 Å². The molecule has 3 aromatic rings. The fraction of sp³-hybridized carbons (Fsp3) is 0.259. The number of piperazine rings is 1. The van der Waals surface area contributed by atoms with Crippen molar-refractivity contribution in [3.05, 3.63) is 78.4 Å². The van der Waals surface area contributed by atoms with Crippen LogP contribution in [0.1, 0.15) is 10.4 Å². The van der Waals surface area contributed by atoms with Crippen LogP contribution in [0.15, 0.2) is 72.8 Å². The van der Waals surface area contributed by atoms with E-state index in [1.54, 1.807) is 62.8 Å². The maximum atomic E-state index is 13.0. The van der Waals surface area contributed by atoms with Crippen molar-refractivity contribution in [1.29, 1.82) is 0 Å². The number of carbonyl (C=O) groups excluding carboxylic acids is 2. The molecule has 3 aromatic carbocycles. The van der Waals surface area contributed by atoms with Gasteiger partial charge in [-0.1, -0.05) is 18.2 Å². The van der Waals surface area contributed by atoms with Crippen LogP contribution in [0.3, 0.4) is 0 Å². The maximum Gasteiger partial charge on any atom is 0.262 e. The van der Waals surface area contributed by atoms with Gasteiger partial charge in [0.2, 0.25) is 0 Å². The molecule has 1 aliphatic rings. The molecule has 1 saturated heterocycles. The lowest BCUT2D eigenvalue weighted by Crippen LogP contribution is -2.48. The number of methoxy groups -OCH3 is 2. The van der Waals surface area contributed by atoms with Crippen molar-refractivity contribution >= 4 is 23.2 Å². The van der Waals surface area contributed by atoms with Crippen LogP contribution < -0.4 is 24.4 Å². The Morgan fingerprint density at radius 2 is 1.57 bits per heavy atom. The van der Waals surface area contributed by atoms with Gasteiger partial charge in [0.15, 0.2) is 6.61 Å². The Bertz CT molecular complexity index is 1160. The van der Waals surface area contributed by atoms with Gasteiger partial charge < -0.3 is 29.3 Å². The highest BCUT2D eigenvalue weighted by Gasteiger charge is 2.23. The van der Waals surface area contributed by atoms with Crippen LogP contribution in [0.2, 0.25) is 0 Å². The van der Waals surface area contributed by atoms with E-state index in [1.807, 2.05) is 29.2 Å². The number of ether oxygens (including phenoxy) is 3. The molecule has 0 radical (unpaired) electrons. The summed E-state index contributed by atoms with van der Waals surface area (Å²) in [5, 5.41) is 2.77. The average Bonchev–Trinajstić information content (AvgIpc) is 2.92. The number of amides is 2. The Kier molecular flexibility index (Phi) is 7.72. The van der Waals surface area contributed by atoms with E-state index in [0.29, 0.717) is 35.8 Å². The number of hydrogen-bond acceptors (Lipinski definition) is 6. The average molecular weight is 476 g/mol. The van der Waals surface area contributed by atoms with E-state index in [-0.39, 0.29) is 18.4 Å². The minimum Gasteiger partial charge on any atom is -0.497 e. The van der Waals surface area contributed by atoms with E-state index in [0.717, 1.165) is 24.5 Å². The molecular weight excluding hydrogens is 446 g/mol. The predicted octanol–water partition coefficient (Wildman–Crippen LogP) is 3.68. The minimum absolute atomic E-state index is 0.0213. The van der Waals surface area contributed by atoms with Crippen LogP contribution in [-0.2, 0) is 4.79 Å². The van der Waals surface area contributed by atoms with Crippen LogP contribution in [0.4, 0.5) is 11.4 Å². The number of carbonyl (C=O) groups is 2. The van der Waals surface area contributed by atoms with Gasteiger partial charge >= 0.3 is 0 Å². The van der Waals surface area contributed by atoms with Crippen molar-refractivity contribution in [2.75, 3.05) is 57.2 Å². The fourth-order valence-electron chi connectivity index (χ4n) is 3.96. The van der Waals surface area contributed by atoms with E-state index in [4.69, 9.17) is 14.2 Å². The van der Waals surface area contributed by atoms with Crippen LogP contribution in [0.5, 0.6) is 17.2 Å². The zero-order valence-electron chi connectivity index (χ0n) is 19.9. The number of para-hydroxylation sites is 2. The second-order valence-electron chi connectivity index (χ2n) is 8.04. The molecule has 8 heteroatoms. The lowest BCUT2D eigenvalue weighted by atomic mass is 10.1. The third-order valence-corrected chi connectivity index (χ3v) is 5.82. The molecule has 0 unspecified atom stereocenters. The highest BCUT2D eigenvalue weighted by molar-refractivity contribution is 5.94. The summed E-state index contributed by atoms with van der Waals surface area (Å²) in [6.45, 7) is 2.57. The van der Waals surface area contributed by atoms with Crippen LogP contribution in [0, 0.1) is 0 Å². The van der Waals surface area contributed by atoms with Crippen molar-refractivity contribution in [1.82, 2.24) is 4.90 Å². The molecular formula is C27H29N3O5. The smallest absolute Gasteiger partial charge is 0.262 e. The molecule has 1 N–H and O–H groups in total. The minimum atomic E-state index is -0.286. The van der Waals surface area contributed by atoms with Gasteiger partial charge in [-0.2, -0.15) is 0 Å². The summed E-state index contributed by atoms with van der Waals surface area (Å²) in [6.07, 6.45) is 0. The van der Waals surface area contributed by atoms with Gasteiger partial charge in [-0.3, -0.25) is 9.59 Å². The zero-order chi connectivity index (χ0) is 24.6. The molecule has 1 fully saturated rings. The number of anilines is 2. The Hall–Kier alpha value is -4.20.